The van der Waals surface area contributed by atoms with Gasteiger partial charge in [-0.15, -0.1) is 0 Å². The molecule has 6 nitrogen and oxygen atoms in total. The summed E-state index contributed by atoms with van der Waals surface area (Å²) < 4.78 is 5.09. The van der Waals surface area contributed by atoms with Gasteiger partial charge in [-0.2, -0.15) is 0 Å². The molecule has 0 saturated carbocycles. The number of ether oxygens (including phenoxy) is 1. The number of amides is 4. The predicted octanol–water partition coefficient (Wildman–Crippen LogP) is 1.39. The molecule has 21 heavy (non-hydrogen) atoms. The van der Waals surface area contributed by atoms with Gasteiger partial charge in [0.2, 0.25) is 0 Å². The Morgan fingerprint density at radius 3 is 1.86 bits per heavy atom. The maximum absolute atomic E-state index is 12.6. The van der Waals surface area contributed by atoms with Crippen LogP contribution in [0.3, 0.4) is 0 Å². The highest BCUT2D eigenvalue weighted by Gasteiger charge is 2.55. The molecule has 2 rings (SSSR count). The third-order valence-electron chi connectivity index (χ3n) is 4.03. The number of barbiturate groups is 1. The molecule has 1 aromatic rings. The molecule has 4 amide bonds. The molecule has 0 N–H and O–H groups in total. The molecule has 1 aliphatic rings. The highest BCUT2D eigenvalue weighted by Crippen LogP contribution is 2.36. The van der Waals surface area contributed by atoms with E-state index in [2.05, 4.69) is 0 Å². The Labute approximate surface area is 123 Å². The topological polar surface area (TPSA) is 66.9 Å². The fourth-order valence-electron chi connectivity index (χ4n) is 2.69. The summed E-state index contributed by atoms with van der Waals surface area (Å²) >= 11 is 0. The number of hydrogen-bond donors (Lipinski definition) is 0. The van der Waals surface area contributed by atoms with Gasteiger partial charge in [-0.1, -0.05) is 19.1 Å². The van der Waals surface area contributed by atoms with Gasteiger partial charge in [0.25, 0.3) is 11.8 Å². The second-order valence-corrected chi connectivity index (χ2v) is 5.00. The third-order valence-corrected chi connectivity index (χ3v) is 4.03. The second kappa shape index (κ2) is 5.20. The number of likely N-dealkylation sites (N-methyl/N-ethyl adjacent to an activating group) is 2. The van der Waals surface area contributed by atoms with Crippen LogP contribution in [0.5, 0.6) is 5.75 Å². The number of hydrogen-bond acceptors (Lipinski definition) is 4. The van der Waals surface area contributed by atoms with Gasteiger partial charge in [0.1, 0.15) is 5.75 Å². The maximum atomic E-state index is 12.6. The first-order chi connectivity index (χ1) is 9.90. The lowest BCUT2D eigenvalue weighted by atomic mass is 9.74. The molecular formula is C15H18N2O4. The minimum Gasteiger partial charge on any atom is -0.497 e. The fourth-order valence-corrected chi connectivity index (χ4v) is 2.69. The van der Waals surface area contributed by atoms with E-state index < -0.39 is 23.3 Å². The maximum Gasteiger partial charge on any atom is 0.332 e. The Balaban J connectivity index is 2.59. The first kappa shape index (κ1) is 15.0. The van der Waals surface area contributed by atoms with E-state index in [0.717, 1.165) is 9.80 Å². The summed E-state index contributed by atoms with van der Waals surface area (Å²) in [5.41, 5.74) is -0.795. The summed E-state index contributed by atoms with van der Waals surface area (Å²) in [4.78, 5) is 39.1. The van der Waals surface area contributed by atoms with E-state index in [1.54, 1.807) is 38.3 Å². The van der Waals surface area contributed by atoms with Crippen LogP contribution in [0, 0.1) is 0 Å². The van der Waals surface area contributed by atoms with Crippen LogP contribution in [0.1, 0.15) is 18.9 Å². The summed E-state index contributed by atoms with van der Waals surface area (Å²) in [6.07, 6.45) is 0.277. The van der Waals surface area contributed by atoms with Gasteiger partial charge in [0.05, 0.1) is 7.11 Å². The molecule has 6 heteroatoms. The lowest BCUT2D eigenvalue weighted by molar-refractivity contribution is -0.150. The molecule has 0 radical (unpaired) electrons. The van der Waals surface area contributed by atoms with Crippen molar-refractivity contribution < 1.29 is 19.1 Å². The zero-order valence-corrected chi connectivity index (χ0v) is 12.5. The largest absolute Gasteiger partial charge is 0.497 e. The van der Waals surface area contributed by atoms with E-state index >= 15 is 0 Å². The molecule has 0 aromatic heterocycles. The summed E-state index contributed by atoms with van der Waals surface area (Å²) in [7, 11) is 4.32. The first-order valence-corrected chi connectivity index (χ1v) is 6.65. The SMILES string of the molecule is CCC1(c2ccc(OC)cc2)C(=O)N(C)C(=O)N(C)C1=O. The molecule has 112 valence electrons. The second-order valence-electron chi connectivity index (χ2n) is 5.00. The summed E-state index contributed by atoms with van der Waals surface area (Å²) in [5, 5.41) is 0. The molecule has 0 spiro atoms. The molecule has 0 unspecified atom stereocenters. The van der Waals surface area contributed by atoms with Gasteiger partial charge in [0.15, 0.2) is 5.41 Å². The van der Waals surface area contributed by atoms with Gasteiger partial charge in [-0.05, 0) is 24.1 Å². The van der Waals surface area contributed by atoms with Crippen molar-refractivity contribution in [2.45, 2.75) is 18.8 Å². The summed E-state index contributed by atoms with van der Waals surface area (Å²) in [5.74, 6) is -0.356. The fraction of sp³-hybridized carbons (Fsp3) is 0.400. The number of rotatable bonds is 3. The number of nitrogens with zero attached hydrogens (tertiary/aromatic N) is 2. The molecule has 1 heterocycles. The molecule has 0 aliphatic carbocycles. The van der Waals surface area contributed by atoms with Crippen LogP contribution in [-0.2, 0) is 15.0 Å². The molecule has 1 aromatic carbocycles. The average Bonchev–Trinajstić information content (AvgIpc) is 2.52. The van der Waals surface area contributed by atoms with Crippen molar-refractivity contribution in [3.63, 3.8) is 0 Å². The Bertz CT molecular complexity index is 570. The van der Waals surface area contributed by atoms with E-state index in [0.29, 0.717) is 11.3 Å². The van der Waals surface area contributed by atoms with Gasteiger partial charge >= 0.3 is 6.03 Å². The highest BCUT2D eigenvalue weighted by atomic mass is 16.5. The van der Waals surface area contributed by atoms with Crippen molar-refractivity contribution in [3.05, 3.63) is 29.8 Å². The molecular weight excluding hydrogens is 272 g/mol. The zero-order chi connectivity index (χ0) is 15.8. The average molecular weight is 290 g/mol. The normalized spacial score (nSPS) is 18.2. The predicted molar refractivity (Wildman–Crippen MR) is 75.9 cm³/mol. The summed E-state index contributed by atoms with van der Waals surface area (Å²) in [6.45, 7) is 1.76. The first-order valence-electron chi connectivity index (χ1n) is 6.65. The van der Waals surface area contributed by atoms with Gasteiger partial charge in [-0.25, -0.2) is 4.79 Å². The van der Waals surface area contributed by atoms with Crippen LogP contribution in [0.25, 0.3) is 0 Å². The standard InChI is InChI=1S/C15H18N2O4/c1-5-15(10-6-8-11(21-4)9-7-10)12(18)16(2)14(20)17(3)13(15)19/h6-9H,5H2,1-4H3. The number of carbonyl (C=O) groups is 3. The zero-order valence-electron chi connectivity index (χ0n) is 12.5. The number of carbonyl (C=O) groups excluding carboxylic acids is 3. The number of urea groups is 1. The Hall–Kier alpha value is -2.37. The van der Waals surface area contributed by atoms with Gasteiger partial charge in [-0.3, -0.25) is 19.4 Å². The van der Waals surface area contributed by atoms with Crippen LogP contribution in [-0.4, -0.2) is 48.9 Å². The summed E-state index contributed by atoms with van der Waals surface area (Å²) in [6, 6.07) is 6.17. The molecule has 1 aliphatic heterocycles. The van der Waals surface area contributed by atoms with Crippen molar-refractivity contribution in [1.82, 2.24) is 9.80 Å². The van der Waals surface area contributed by atoms with E-state index in [-0.39, 0.29) is 6.42 Å². The van der Waals surface area contributed by atoms with Crippen LogP contribution in [0.2, 0.25) is 0 Å². The minimum atomic E-state index is -1.36. The molecule has 1 saturated heterocycles. The van der Waals surface area contributed by atoms with Crippen molar-refractivity contribution >= 4 is 17.8 Å². The number of methoxy groups -OCH3 is 1. The van der Waals surface area contributed by atoms with E-state index in [9.17, 15) is 14.4 Å². The van der Waals surface area contributed by atoms with E-state index in [1.807, 2.05) is 0 Å². The monoisotopic (exact) mass is 290 g/mol. The molecule has 1 fully saturated rings. The van der Waals surface area contributed by atoms with Crippen molar-refractivity contribution in [2.75, 3.05) is 21.2 Å². The van der Waals surface area contributed by atoms with Crippen LogP contribution >= 0.6 is 0 Å². The Morgan fingerprint density at radius 2 is 1.48 bits per heavy atom. The van der Waals surface area contributed by atoms with E-state index in [1.165, 1.54) is 14.1 Å². The molecule has 0 bridgehead atoms. The minimum absolute atomic E-state index is 0.277. The quantitative estimate of drug-likeness (QED) is 0.789. The Morgan fingerprint density at radius 1 is 1.00 bits per heavy atom. The van der Waals surface area contributed by atoms with Crippen molar-refractivity contribution in [2.24, 2.45) is 0 Å². The van der Waals surface area contributed by atoms with Gasteiger partial charge in [0, 0.05) is 14.1 Å². The van der Waals surface area contributed by atoms with Crippen LogP contribution in [0.15, 0.2) is 24.3 Å². The number of benzene rings is 1. The number of imide groups is 2. The lowest BCUT2D eigenvalue weighted by Gasteiger charge is -2.41. The van der Waals surface area contributed by atoms with Crippen molar-refractivity contribution in [3.8, 4) is 5.75 Å². The van der Waals surface area contributed by atoms with Crippen LogP contribution in [0.4, 0.5) is 4.79 Å². The lowest BCUT2D eigenvalue weighted by Crippen LogP contribution is -2.64. The highest BCUT2D eigenvalue weighted by molar-refractivity contribution is 6.22. The van der Waals surface area contributed by atoms with E-state index in [4.69, 9.17) is 4.74 Å². The Kier molecular flexibility index (Phi) is 3.72. The van der Waals surface area contributed by atoms with Gasteiger partial charge < -0.3 is 4.74 Å². The van der Waals surface area contributed by atoms with Crippen LogP contribution < -0.4 is 4.74 Å². The smallest absolute Gasteiger partial charge is 0.332 e. The van der Waals surface area contributed by atoms with Crippen molar-refractivity contribution in [1.29, 1.82) is 0 Å². The third kappa shape index (κ3) is 1.98. The molecule has 0 atom stereocenters.